The predicted molar refractivity (Wildman–Crippen MR) is 110 cm³/mol. The lowest BCUT2D eigenvalue weighted by Crippen LogP contribution is -2.61. The lowest BCUT2D eigenvalue weighted by molar-refractivity contribution is -0.137. The summed E-state index contributed by atoms with van der Waals surface area (Å²) in [5.41, 5.74) is 1.90. The van der Waals surface area contributed by atoms with Crippen LogP contribution in [0, 0.1) is 5.92 Å². The van der Waals surface area contributed by atoms with Gasteiger partial charge in [0.15, 0.2) is 0 Å². The summed E-state index contributed by atoms with van der Waals surface area (Å²) in [7, 11) is 0. The summed E-state index contributed by atoms with van der Waals surface area (Å²) >= 11 is 0. The number of rotatable bonds is 3. The second kappa shape index (κ2) is 7.22. The average molecular weight is 415 g/mol. The second-order valence-corrected chi connectivity index (χ2v) is 8.48. The van der Waals surface area contributed by atoms with Gasteiger partial charge >= 0.3 is 6.18 Å². The Morgan fingerprint density at radius 1 is 1.03 bits per heavy atom. The van der Waals surface area contributed by atoms with Crippen molar-refractivity contribution in [1.82, 2.24) is 5.32 Å². The number of para-hydroxylation sites is 1. The van der Waals surface area contributed by atoms with Crippen LogP contribution in [-0.2, 0) is 17.4 Å². The first-order chi connectivity index (χ1) is 14.4. The Hall–Kier alpha value is -2.70. The van der Waals surface area contributed by atoms with Gasteiger partial charge in [-0.05, 0) is 55.2 Å². The van der Waals surface area contributed by atoms with Gasteiger partial charge in [-0.3, -0.25) is 4.79 Å². The first kappa shape index (κ1) is 19.3. The first-order valence-corrected chi connectivity index (χ1v) is 10.5. The highest BCUT2D eigenvalue weighted by Gasteiger charge is 2.43. The maximum absolute atomic E-state index is 13.3. The van der Waals surface area contributed by atoms with E-state index in [1.807, 2.05) is 18.2 Å². The minimum atomic E-state index is -4.39. The van der Waals surface area contributed by atoms with Gasteiger partial charge in [-0.1, -0.05) is 18.2 Å². The molecule has 5 rings (SSSR count). The molecular weight excluding hydrogens is 391 g/mol. The van der Waals surface area contributed by atoms with E-state index in [1.54, 1.807) is 6.07 Å². The number of alkyl halides is 3. The minimum Gasteiger partial charge on any atom is -0.368 e. The van der Waals surface area contributed by atoms with E-state index in [-0.39, 0.29) is 23.9 Å². The molecule has 158 valence electrons. The molecule has 1 amide bonds. The van der Waals surface area contributed by atoms with Gasteiger partial charge < -0.3 is 15.1 Å². The minimum absolute atomic E-state index is 0.0366. The summed E-state index contributed by atoms with van der Waals surface area (Å²) in [6.45, 7) is 2.11. The van der Waals surface area contributed by atoms with E-state index in [4.69, 9.17) is 0 Å². The Morgan fingerprint density at radius 2 is 1.80 bits per heavy atom. The van der Waals surface area contributed by atoms with Crippen LogP contribution in [0.2, 0.25) is 0 Å². The van der Waals surface area contributed by atoms with Crippen molar-refractivity contribution in [1.29, 1.82) is 0 Å². The summed E-state index contributed by atoms with van der Waals surface area (Å²) in [4.78, 5) is 17.5. The van der Waals surface area contributed by atoms with Gasteiger partial charge in [-0.2, -0.15) is 13.2 Å². The van der Waals surface area contributed by atoms with Gasteiger partial charge in [0, 0.05) is 37.1 Å². The summed E-state index contributed by atoms with van der Waals surface area (Å²) in [5.74, 6) is -0.404. The fourth-order valence-corrected chi connectivity index (χ4v) is 4.71. The number of benzene rings is 2. The van der Waals surface area contributed by atoms with E-state index in [0.717, 1.165) is 36.8 Å². The molecule has 1 saturated carbocycles. The zero-order valence-corrected chi connectivity index (χ0v) is 16.5. The maximum atomic E-state index is 13.3. The largest absolute Gasteiger partial charge is 0.416 e. The molecule has 3 aliphatic rings. The standard InChI is InChI=1S/C23H24F3N3O/c24-23(25,26)16-6-9-20-15(12-16)13-19(22(30)27-17-7-8-17)21-14-28(10-11-29(20)21)18-4-2-1-3-5-18/h1-6,9,12,17,19,21H,7-8,10-11,13-14H2,(H,27,30)/t19-,21-/m0/s1. The fraction of sp³-hybridized carbons (Fsp3) is 0.435. The van der Waals surface area contributed by atoms with Crippen molar-refractivity contribution in [2.45, 2.75) is 37.5 Å². The second-order valence-electron chi connectivity index (χ2n) is 8.48. The lowest BCUT2D eigenvalue weighted by atomic mass is 9.82. The number of carbonyl (C=O) groups excluding carboxylic acids is 1. The third-order valence-corrected chi connectivity index (χ3v) is 6.42. The van der Waals surface area contributed by atoms with Crippen LogP contribution in [0.15, 0.2) is 48.5 Å². The summed E-state index contributed by atoms with van der Waals surface area (Å²) in [6.07, 6.45) is -2.08. The van der Waals surface area contributed by atoms with Crippen LogP contribution < -0.4 is 15.1 Å². The number of nitrogens with zero attached hydrogens (tertiary/aromatic N) is 2. The molecule has 0 bridgehead atoms. The zero-order valence-electron chi connectivity index (χ0n) is 16.5. The Morgan fingerprint density at radius 3 is 2.50 bits per heavy atom. The number of halogens is 3. The van der Waals surface area contributed by atoms with Crippen LogP contribution >= 0.6 is 0 Å². The van der Waals surface area contributed by atoms with Gasteiger partial charge in [0.05, 0.1) is 17.5 Å². The Balaban J connectivity index is 1.48. The number of fused-ring (bicyclic) bond motifs is 3. The maximum Gasteiger partial charge on any atom is 0.416 e. The smallest absolute Gasteiger partial charge is 0.368 e. The molecule has 0 unspecified atom stereocenters. The van der Waals surface area contributed by atoms with Gasteiger partial charge in [0.25, 0.3) is 0 Å². The highest BCUT2D eigenvalue weighted by atomic mass is 19.4. The molecule has 1 saturated heterocycles. The van der Waals surface area contributed by atoms with Crippen LogP contribution in [0.3, 0.4) is 0 Å². The number of anilines is 2. The van der Waals surface area contributed by atoms with Crippen LogP contribution in [0.5, 0.6) is 0 Å². The third-order valence-electron chi connectivity index (χ3n) is 6.42. The molecule has 7 heteroatoms. The van der Waals surface area contributed by atoms with E-state index in [9.17, 15) is 18.0 Å². The summed E-state index contributed by atoms with van der Waals surface area (Å²) in [5, 5.41) is 3.08. The van der Waals surface area contributed by atoms with Crippen molar-refractivity contribution in [3.05, 3.63) is 59.7 Å². The van der Waals surface area contributed by atoms with Crippen LogP contribution in [0.1, 0.15) is 24.0 Å². The highest BCUT2D eigenvalue weighted by molar-refractivity contribution is 5.83. The molecule has 2 fully saturated rings. The van der Waals surface area contributed by atoms with Gasteiger partial charge in [-0.15, -0.1) is 0 Å². The molecule has 1 N–H and O–H groups in total. The van der Waals surface area contributed by atoms with Gasteiger partial charge in [0.1, 0.15) is 0 Å². The molecule has 2 heterocycles. The summed E-state index contributed by atoms with van der Waals surface area (Å²) in [6, 6.07) is 14.2. The number of hydrogen-bond acceptors (Lipinski definition) is 3. The van der Waals surface area contributed by atoms with Crippen molar-refractivity contribution < 1.29 is 18.0 Å². The van der Waals surface area contributed by atoms with Crippen LogP contribution in [0.25, 0.3) is 0 Å². The molecular formula is C23H24F3N3O. The molecule has 4 nitrogen and oxygen atoms in total. The third kappa shape index (κ3) is 3.61. The number of hydrogen-bond donors (Lipinski definition) is 1. The highest BCUT2D eigenvalue weighted by Crippen LogP contribution is 2.40. The number of carbonyl (C=O) groups is 1. The van der Waals surface area contributed by atoms with Crippen molar-refractivity contribution >= 4 is 17.3 Å². The van der Waals surface area contributed by atoms with Crippen LogP contribution in [0.4, 0.5) is 24.5 Å². The molecule has 0 radical (unpaired) electrons. The SMILES string of the molecule is O=C(NC1CC1)[C@H]1Cc2cc(C(F)(F)F)ccc2N2CCN(c3ccccc3)C[C@@H]12. The Bertz CT molecular complexity index is 942. The molecule has 2 aromatic carbocycles. The monoisotopic (exact) mass is 415 g/mol. The summed E-state index contributed by atoms with van der Waals surface area (Å²) < 4.78 is 39.8. The molecule has 2 aromatic rings. The average Bonchev–Trinajstić information content (AvgIpc) is 3.56. The number of amides is 1. The van der Waals surface area contributed by atoms with E-state index < -0.39 is 11.7 Å². The number of nitrogens with one attached hydrogen (secondary N) is 1. The number of piperazine rings is 1. The fourth-order valence-electron chi connectivity index (χ4n) is 4.71. The quantitative estimate of drug-likeness (QED) is 0.827. The van der Waals surface area contributed by atoms with Crippen molar-refractivity contribution in [3.63, 3.8) is 0 Å². The topological polar surface area (TPSA) is 35.6 Å². The zero-order chi connectivity index (χ0) is 20.9. The molecule has 2 atom stereocenters. The molecule has 2 aliphatic heterocycles. The van der Waals surface area contributed by atoms with E-state index >= 15 is 0 Å². The van der Waals surface area contributed by atoms with Crippen molar-refractivity contribution in [2.75, 3.05) is 29.4 Å². The Kier molecular flexibility index (Phi) is 4.64. The molecule has 30 heavy (non-hydrogen) atoms. The predicted octanol–water partition coefficient (Wildman–Crippen LogP) is 3.85. The van der Waals surface area contributed by atoms with E-state index in [0.29, 0.717) is 25.1 Å². The first-order valence-electron chi connectivity index (χ1n) is 10.5. The van der Waals surface area contributed by atoms with Gasteiger partial charge in [-0.25, -0.2) is 0 Å². The molecule has 0 spiro atoms. The Labute approximate surface area is 173 Å². The van der Waals surface area contributed by atoms with Crippen molar-refractivity contribution in [2.24, 2.45) is 5.92 Å². The van der Waals surface area contributed by atoms with E-state index in [2.05, 4.69) is 27.2 Å². The molecule has 1 aliphatic carbocycles. The van der Waals surface area contributed by atoms with E-state index in [1.165, 1.54) is 6.07 Å². The molecule has 0 aromatic heterocycles. The van der Waals surface area contributed by atoms with Crippen LogP contribution in [-0.4, -0.2) is 37.6 Å². The van der Waals surface area contributed by atoms with Gasteiger partial charge in [0.2, 0.25) is 5.91 Å². The van der Waals surface area contributed by atoms with Crippen molar-refractivity contribution in [3.8, 4) is 0 Å². The normalized spacial score (nSPS) is 23.6. The lowest BCUT2D eigenvalue weighted by Gasteiger charge is -2.49.